The highest BCUT2D eigenvalue weighted by atomic mass is 32.1. The van der Waals surface area contributed by atoms with Crippen LogP contribution in [0.4, 0.5) is 5.69 Å². The Labute approximate surface area is 128 Å². The number of carboxylic acid groups (broad SMARTS) is 1. The molecule has 1 unspecified atom stereocenters. The van der Waals surface area contributed by atoms with E-state index in [1.807, 2.05) is 20.0 Å². The topological polar surface area (TPSA) is 75.1 Å². The maximum atomic E-state index is 11.4. The number of aryl methyl sites for hydroxylation is 3. The molecule has 2 aromatic rings. The summed E-state index contributed by atoms with van der Waals surface area (Å²) in [5.41, 5.74) is 2.12. The number of nitrogens with one attached hydrogen (secondary N) is 1. The summed E-state index contributed by atoms with van der Waals surface area (Å²) >= 11 is 1.65. The molecule has 112 valence electrons. The van der Waals surface area contributed by atoms with E-state index in [2.05, 4.69) is 22.2 Å². The van der Waals surface area contributed by atoms with E-state index in [4.69, 9.17) is 0 Å². The first-order valence-electron chi connectivity index (χ1n) is 6.85. The number of nitrogens with zero attached hydrogens (tertiary/aromatic N) is 2. The maximum Gasteiger partial charge on any atom is 0.339 e. The molecule has 5 nitrogen and oxygen atoms in total. The zero-order valence-corrected chi connectivity index (χ0v) is 13.4. The van der Waals surface area contributed by atoms with E-state index < -0.39 is 5.97 Å². The molecule has 0 saturated carbocycles. The summed E-state index contributed by atoms with van der Waals surface area (Å²) in [5, 5.41) is 13.6. The molecule has 0 aliphatic carbocycles. The highest BCUT2D eigenvalue weighted by Gasteiger charge is 2.18. The number of rotatable bonds is 5. The fourth-order valence-corrected chi connectivity index (χ4v) is 3.05. The van der Waals surface area contributed by atoms with Crippen LogP contribution in [0.15, 0.2) is 12.3 Å². The average molecular weight is 305 g/mol. The van der Waals surface area contributed by atoms with Crippen LogP contribution in [0.2, 0.25) is 0 Å². The minimum atomic E-state index is -0.969. The van der Waals surface area contributed by atoms with Crippen LogP contribution >= 0.6 is 11.3 Å². The maximum absolute atomic E-state index is 11.4. The Morgan fingerprint density at radius 2 is 2.19 bits per heavy atom. The van der Waals surface area contributed by atoms with Gasteiger partial charge in [-0.3, -0.25) is 4.98 Å². The Morgan fingerprint density at radius 3 is 2.76 bits per heavy atom. The summed E-state index contributed by atoms with van der Waals surface area (Å²) in [6.45, 7) is 7.64. The molecule has 0 aliphatic rings. The second-order valence-electron chi connectivity index (χ2n) is 4.96. The van der Waals surface area contributed by atoms with Gasteiger partial charge < -0.3 is 10.4 Å². The van der Waals surface area contributed by atoms with Crippen molar-refractivity contribution in [3.05, 3.63) is 39.1 Å². The Balaban J connectivity index is 2.32. The molecular weight excluding hydrogens is 286 g/mol. The lowest BCUT2D eigenvalue weighted by Gasteiger charge is -2.16. The quantitative estimate of drug-likeness (QED) is 0.883. The summed E-state index contributed by atoms with van der Waals surface area (Å²) in [4.78, 5) is 21.3. The minimum Gasteiger partial charge on any atom is -0.478 e. The summed E-state index contributed by atoms with van der Waals surface area (Å²) in [5.74, 6) is -0.969. The first kappa shape index (κ1) is 15.4. The van der Waals surface area contributed by atoms with E-state index >= 15 is 0 Å². The van der Waals surface area contributed by atoms with Gasteiger partial charge in [-0.2, -0.15) is 0 Å². The highest BCUT2D eigenvalue weighted by Crippen LogP contribution is 2.27. The third-order valence-corrected chi connectivity index (χ3v) is 4.53. The Hall–Kier alpha value is -1.95. The van der Waals surface area contributed by atoms with E-state index in [-0.39, 0.29) is 11.6 Å². The molecule has 1 atom stereocenters. The summed E-state index contributed by atoms with van der Waals surface area (Å²) in [6, 6.07) is 1.72. The van der Waals surface area contributed by atoms with Gasteiger partial charge >= 0.3 is 5.97 Å². The van der Waals surface area contributed by atoms with Gasteiger partial charge in [-0.05, 0) is 33.3 Å². The number of pyridine rings is 1. The van der Waals surface area contributed by atoms with Crippen LogP contribution < -0.4 is 5.32 Å². The van der Waals surface area contributed by atoms with Crippen LogP contribution in [0, 0.1) is 13.8 Å². The van der Waals surface area contributed by atoms with E-state index in [1.165, 1.54) is 4.88 Å². The second-order valence-corrected chi connectivity index (χ2v) is 6.11. The molecule has 2 aromatic heterocycles. The second kappa shape index (κ2) is 6.22. The number of carbonyl (C=O) groups is 1. The lowest BCUT2D eigenvalue weighted by molar-refractivity contribution is 0.0696. The third kappa shape index (κ3) is 3.39. The minimum absolute atomic E-state index is 0.0467. The van der Waals surface area contributed by atoms with Gasteiger partial charge in [0.15, 0.2) is 0 Å². The largest absolute Gasteiger partial charge is 0.478 e. The van der Waals surface area contributed by atoms with Gasteiger partial charge in [0.25, 0.3) is 0 Å². The molecule has 2 heterocycles. The molecule has 0 saturated heterocycles. The molecule has 0 fully saturated rings. The molecule has 21 heavy (non-hydrogen) atoms. The van der Waals surface area contributed by atoms with Crippen molar-refractivity contribution in [3.63, 3.8) is 0 Å². The predicted octanol–water partition coefficient (Wildman–Crippen LogP) is 3.59. The van der Waals surface area contributed by atoms with Gasteiger partial charge in [0.05, 0.1) is 17.4 Å². The van der Waals surface area contributed by atoms with Crippen molar-refractivity contribution in [2.24, 2.45) is 0 Å². The summed E-state index contributed by atoms with van der Waals surface area (Å²) < 4.78 is 0. The number of aromatic nitrogens is 2. The Bertz CT molecular complexity index is 667. The van der Waals surface area contributed by atoms with Crippen LogP contribution in [-0.4, -0.2) is 21.0 Å². The number of hydrogen-bond acceptors (Lipinski definition) is 5. The number of hydrogen-bond donors (Lipinski definition) is 2. The molecule has 6 heteroatoms. The van der Waals surface area contributed by atoms with Gasteiger partial charge in [-0.25, -0.2) is 9.78 Å². The van der Waals surface area contributed by atoms with Crippen molar-refractivity contribution in [2.45, 2.75) is 40.2 Å². The van der Waals surface area contributed by atoms with Gasteiger partial charge in [0, 0.05) is 16.8 Å². The highest BCUT2D eigenvalue weighted by molar-refractivity contribution is 7.11. The van der Waals surface area contributed by atoms with E-state index in [0.717, 1.165) is 17.1 Å². The van der Waals surface area contributed by atoms with Crippen LogP contribution in [-0.2, 0) is 6.42 Å². The van der Waals surface area contributed by atoms with Crippen molar-refractivity contribution in [2.75, 3.05) is 5.32 Å². The first-order valence-corrected chi connectivity index (χ1v) is 7.66. The lowest BCUT2D eigenvalue weighted by Crippen LogP contribution is -2.13. The standard InChI is InChI=1S/C15H19N3O2S/c1-5-11-7-16-14(21-11)10(4)18-12-6-8(2)17-9(3)13(12)15(19)20/h6-7,10H,5H2,1-4H3,(H,17,18)(H,19,20). The van der Waals surface area contributed by atoms with Crippen molar-refractivity contribution in [1.29, 1.82) is 0 Å². The zero-order valence-electron chi connectivity index (χ0n) is 12.6. The molecule has 2 rings (SSSR count). The molecular formula is C15H19N3O2S. The normalized spacial score (nSPS) is 12.2. The van der Waals surface area contributed by atoms with Crippen LogP contribution in [0.5, 0.6) is 0 Å². The van der Waals surface area contributed by atoms with Crippen molar-refractivity contribution < 1.29 is 9.90 Å². The van der Waals surface area contributed by atoms with Crippen LogP contribution in [0.25, 0.3) is 0 Å². The number of aromatic carboxylic acids is 1. The summed E-state index contributed by atoms with van der Waals surface area (Å²) in [6.07, 6.45) is 2.83. The summed E-state index contributed by atoms with van der Waals surface area (Å²) in [7, 11) is 0. The predicted molar refractivity (Wildman–Crippen MR) is 84.2 cm³/mol. The molecule has 0 amide bonds. The molecule has 0 aromatic carbocycles. The van der Waals surface area contributed by atoms with Crippen LogP contribution in [0.1, 0.15) is 51.5 Å². The number of anilines is 1. The monoisotopic (exact) mass is 305 g/mol. The molecule has 0 aliphatic heterocycles. The molecule has 0 bridgehead atoms. The number of thiazole rings is 1. The van der Waals surface area contributed by atoms with Gasteiger partial charge in [-0.1, -0.05) is 6.92 Å². The van der Waals surface area contributed by atoms with Gasteiger partial charge in [-0.15, -0.1) is 11.3 Å². The first-order chi connectivity index (χ1) is 9.92. The lowest BCUT2D eigenvalue weighted by atomic mass is 10.1. The fraction of sp³-hybridized carbons (Fsp3) is 0.400. The van der Waals surface area contributed by atoms with Crippen LogP contribution in [0.3, 0.4) is 0 Å². The molecule has 0 spiro atoms. The Kier molecular flexibility index (Phi) is 4.57. The van der Waals surface area contributed by atoms with Crippen molar-refractivity contribution >= 4 is 23.0 Å². The third-order valence-electron chi connectivity index (χ3n) is 3.20. The zero-order chi connectivity index (χ0) is 15.6. The van der Waals surface area contributed by atoms with Gasteiger partial charge in [0.1, 0.15) is 10.6 Å². The fourth-order valence-electron chi connectivity index (χ4n) is 2.19. The SMILES string of the molecule is CCc1cnc(C(C)Nc2cc(C)nc(C)c2C(=O)O)s1. The van der Waals surface area contributed by atoms with Crippen molar-refractivity contribution in [3.8, 4) is 0 Å². The van der Waals surface area contributed by atoms with E-state index in [1.54, 1.807) is 24.3 Å². The van der Waals surface area contributed by atoms with Gasteiger partial charge in [0.2, 0.25) is 0 Å². The van der Waals surface area contributed by atoms with Crippen molar-refractivity contribution in [1.82, 2.24) is 9.97 Å². The average Bonchev–Trinajstić information content (AvgIpc) is 2.85. The molecule has 2 N–H and O–H groups in total. The number of carboxylic acids is 1. The molecule has 0 radical (unpaired) electrons. The Morgan fingerprint density at radius 1 is 1.48 bits per heavy atom. The van der Waals surface area contributed by atoms with E-state index in [0.29, 0.717) is 11.4 Å². The smallest absolute Gasteiger partial charge is 0.339 e. The van der Waals surface area contributed by atoms with E-state index in [9.17, 15) is 9.90 Å².